The summed E-state index contributed by atoms with van der Waals surface area (Å²) in [5.74, 6) is 0.0657. The molecule has 0 unspecified atom stereocenters. The SMILES string of the molecule is C=CC(=O)N1CC(C)(CC)C1.CC. The van der Waals surface area contributed by atoms with Crippen LogP contribution in [0.2, 0.25) is 0 Å². The Morgan fingerprint density at radius 1 is 1.54 bits per heavy atom. The standard InChI is InChI=1S/C9H15NO.C2H6/c1-4-8(11)10-6-9(3,5-2)7-10;1-2/h4H,1,5-7H2,2-3H3;1-2H3. The molecular formula is C11H21NO. The fourth-order valence-electron chi connectivity index (χ4n) is 1.38. The summed E-state index contributed by atoms with van der Waals surface area (Å²) in [7, 11) is 0. The zero-order valence-electron chi connectivity index (χ0n) is 9.26. The van der Waals surface area contributed by atoms with Crippen molar-refractivity contribution in [2.24, 2.45) is 5.41 Å². The van der Waals surface area contributed by atoms with Gasteiger partial charge in [-0.3, -0.25) is 4.79 Å². The second kappa shape index (κ2) is 5.05. The van der Waals surface area contributed by atoms with Crippen LogP contribution in [-0.4, -0.2) is 23.9 Å². The van der Waals surface area contributed by atoms with Crippen LogP contribution in [0.1, 0.15) is 34.1 Å². The molecule has 1 aliphatic heterocycles. The molecule has 1 fully saturated rings. The Kier molecular flexibility index (Phi) is 4.74. The van der Waals surface area contributed by atoms with Gasteiger partial charge >= 0.3 is 0 Å². The molecule has 1 heterocycles. The first kappa shape index (κ1) is 12.2. The van der Waals surface area contributed by atoms with E-state index in [0.29, 0.717) is 5.41 Å². The maximum absolute atomic E-state index is 11.0. The third-order valence-corrected chi connectivity index (χ3v) is 2.49. The van der Waals surface area contributed by atoms with Gasteiger partial charge in [0, 0.05) is 18.5 Å². The lowest BCUT2D eigenvalue weighted by Gasteiger charge is -2.47. The van der Waals surface area contributed by atoms with Gasteiger partial charge in [0.25, 0.3) is 0 Å². The molecule has 0 atom stereocenters. The molecule has 2 heteroatoms. The first-order chi connectivity index (χ1) is 6.11. The second-order valence-electron chi connectivity index (χ2n) is 3.56. The molecule has 0 spiro atoms. The van der Waals surface area contributed by atoms with Crippen molar-refractivity contribution in [2.45, 2.75) is 34.1 Å². The van der Waals surface area contributed by atoms with E-state index in [0.717, 1.165) is 19.5 Å². The minimum atomic E-state index is 0.0657. The number of rotatable bonds is 2. The molecule has 13 heavy (non-hydrogen) atoms. The zero-order valence-corrected chi connectivity index (χ0v) is 9.26. The predicted octanol–water partition coefficient (Wildman–Crippen LogP) is 2.46. The minimum absolute atomic E-state index is 0.0657. The molecule has 1 saturated heterocycles. The second-order valence-corrected chi connectivity index (χ2v) is 3.56. The maximum Gasteiger partial charge on any atom is 0.245 e. The zero-order chi connectivity index (χ0) is 10.5. The molecule has 0 aromatic carbocycles. The van der Waals surface area contributed by atoms with Gasteiger partial charge in [-0.15, -0.1) is 0 Å². The van der Waals surface area contributed by atoms with E-state index in [9.17, 15) is 4.79 Å². The van der Waals surface area contributed by atoms with Crippen molar-refractivity contribution in [1.29, 1.82) is 0 Å². The van der Waals surface area contributed by atoms with Crippen LogP contribution in [0.15, 0.2) is 12.7 Å². The summed E-state index contributed by atoms with van der Waals surface area (Å²) >= 11 is 0. The van der Waals surface area contributed by atoms with Gasteiger partial charge in [-0.25, -0.2) is 0 Å². The van der Waals surface area contributed by atoms with Gasteiger partial charge in [0.1, 0.15) is 0 Å². The van der Waals surface area contributed by atoms with Crippen LogP contribution in [0.3, 0.4) is 0 Å². The quantitative estimate of drug-likeness (QED) is 0.602. The van der Waals surface area contributed by atoms with Crippen LogP contribution in [0.25, 0.3) is 0 Å². The fourth-order valence-corrected chi connectivity index (χ4v) is 1.38. The van der Waals surface area contributed by atoms with Crippen molar-refractivity contribution in [3.63, 3.8) is 0 Å². The third-order valence-electron chi connectivity index (χ3n) is 2.49. The van der Waals surface area contributed by atoms with E-state index in [1.165, 1.54) is 6.08 Å². The molecule has 0 aromatic rings. The van der Waals surface area contributed by atoms with Gasteiger partial charge in [-0.1, -0.05) is 34.3 Å². The Morgan fingerprint density at radius 3 is 2.31 bits per heavy atom. The number of carbonyl (C=O) groups excluding carboxylic acids is 1. The summed E-state index contributed by atoms with van der Waals surface area (Å²) in [6.45, 7) is 13.6. The molecule has 0 bridgehead atoms. The molecule has 76 valence electrons. The Balaban J connectivity index is 0.000000671. The summed E-state index contributed by atoms with van der Waals surface area (Å²) in [5.41, 5.74) is 0.374. The topological polar surface area (TPSA) is 20.3 Å². The van der Waals surface area contributed by atoms with Crippen molar-refractivity contribution < 1.29 is 4.79 Å². The molecule has 0 aromatic heterocycles. The average molecular weight is 183 g/mol. The van der Waals surface area contributed by atoms with Crippen LogP contribution in [-0.2, 0) is 4.79 Å². The highest BCUT2D eigenvalue weighted by Gasteiger charge is 2.38. The Hall–Kier alpha value is -0.790. The lowest BCUT2D eigenvalue weighted by molar-refractivity contribution is -0.137. The highest BCUT2D eigenvalue weighted by Crippen LogP contribution is 2.32. The number of hydrogen-bond acceptors (Lipinski definition) is 1. The minimum Gasteiger partial charge on any atom is -0.338 e. The van der Waals surface area contributed by atoms with Crippen molar-refractivity contribution in [1.82, 2.24) is 4.90 Å². The Bertz CT molecular complexity index is 181. The molecule has 1 amide bonds. The summed E-state index contributed by atoms with van der Waals surface area (Å²) in [4.78, 5) is 12.8. The molecule has 1 rings (SSSR count). The average Bonchev–Trinajstić information content (AvgIpc) is 2.15. The summed E-state index contributed by atoms with van der Waals surface area (Å²) in [6, 6.07) is 0. The van der Waals surface area contributed by atoms with Gasteiger partial charge in [-0.2, -0.15) is 0 Å². The highest BCUT2D eigenvalue weighted by molar-refractivity contribution is 5.87. The predicted molar refractivity (Wildman–Crippen MR) is 56.5 cm³/mol. The van der Waals surface area contributed by atoms with Crippen LogP contribution < -0.4 is 0 Å². The smallest absolute Gasteiger partial charge is 0.245 e. The Morgan fingerprint density at radius 2 is 2.00 bits per heavy atom. The summed E-state index contributed by atoms with van der Waals surface area (Å²) in [6.07, 6.45) is 2.53. The highest BCUT2D eigenvalue weighted by atomic mass is 16.2. The molecular weight excluding hydrogens is 162 g/mol. The van der Waals surface area contributed by atoms with Crippen LogP contribution in [0, 0.1) is 5.41 Å². The molecule has 0 N–H and O–H groups in total. The van der Waals surface area contributed by atoms with E-state index in [1.54, 1.807) is 0 Å². The summed E-state index contributed by atoms with van der Waals surface area (Å²) < 4.78 is 0. The van der Waals surface area contributed by atoms with E-state index < -0.39 is 0 Å². The van der Waals surface area contributed by atoms with Crippen molar-refractivity contribution in [2.75, 3.05) is 13.1 Å². The van der Waals surface area contributed by atoms with Crippen LogP contribution in [0.4, 0.5) is 0 Å². The first-order valence-electron chi connectivity index (χ1n) is 5.02. The molecule has 0 radical (unpaired) electrons. The molecule has 2 nitrogen and oxygen atoms in total. The normalized spacial score (nSPS) is 18.0. The third kappa shape index (κ3) is 2.87. The molecule has 0 aliphatic carbocycles. The van der Waals surface area contributed by atoms with Gasteiger partial charge in [0.05, 0.1) is 0 Å². The number of hydrogen-bond donors (Lipinski definition) is 0. The molecule has 1 aliphatic rings. The van der Waals surface area contributed by atoms with E-state index >= 15 is 0 Å². The van der Waals surface area contributed by atoms with Gasteiger partial charge in [0.15, 0.2) is 0 Å². The monoisotopic (exact) mass is 183 g/mol. The van der Waals surface area contributed by atoms with E-state index in [4.69, 9.17) is 0 Å². The van der Waals surface area contributed by atoms with Gasteiger partial charge in [0.2, 0.25) is 5.91 Å². The van der Waals surface area contributed by atoms with Gasteiger partial charge < -0.3 is 4.90 Å². The van der Waals surface area contributed by atoms with Crippen LogP contribution >= 0.6 is 0 Å². The largest absolute Gasteiger partial charge is 0.338 e. The fraction of sp³-hybridized carbons (Fsp3) is 0.727. The van der Waals surface area contributed by atoms with E-state index in [-0.39, 0.29) is 5.91 Å². The lowest BCUT2D eigenvalue weighted by Crippen LogP contribution is -2.56. The lowest BCUT2D eigenvalue weighted by atomic mass is 9.79. The van der Waals surface area contributed by atoms with Gasteiger partial charge in [-0.05, 0) is 12.5 Å². The van der Waals surface area contributed by atoms with Crippen molar-refractivity contribution >= 4 is 5.91 Å². The Labute approximate surface area is 81.6 Å². The van der Waals surface area contributed by atoms with Crippen molar-refractivity contribution in [3.8, 4) is 0 Å². The first-order valence-corrected chi connectivity index (χ1v) is 5.02. The number of carbonyl (C=O) groups is 1. The van der Waals surface area contributed by atoms with E-state index in [1.807, 2.05) is 18.7 Å². The number of amides is 1. The number of likely N-dealkylation sites (tertiary alicyclic amines) is 1. The van der Waals surface area contributed by atoms with E-state index in [2.05, 4.69) is 20.4 Å². The maximum atomic E-state index is 11.0. The van der Waals surface area contributed by atoms with Crippen LogP contribution in [0.5, 0.6) is 0 Å². The number of nitrogens with zero attached hydrogens (tertiary/aromatic N) is 1. The summed E-state index contributed by atoms with van der Waals surface area (Å²) in [5, 5.41) is 0. The molecule has 0 saturated carbocycles. The van der Waals surface area contributed by atoms with Crippen molar-refractivity contribution in [3.05, 3.63) is 12.7 Å².